The summed E-state index contributed by atoms with van der Waals surface area (Å²) in [6.07, 6.45) is 3.98. The molecule has 1 aromatic carbocycles. The van der Waals surface area contributed by atoms with Crippen LogP contribution >= 0.6 is 11.3 Å². The molecule has 0 amide bonds. The van der Waals surface area contributed by atoms with Crippen LogP contribution in [-0.2, 0) is 0 Å². The molecule has 19 heavy (non-hydrogen) atoms. The van der Waals surface area contributed by atoms with Gasteiger partial charge in [-0.05, 0) is 50.4 Å². The maximum absolute atomic E-state index is 4.72. The average molecular weight is 273 g/mol. The van der Waals surface area contributed by atoms with E-state index in [9.17, 15) is 0 Å². The normalized spacial score (nSPS) is 27.0. The lowest BCUT2D eigenvalue weighted by Crippen LogP contribution is -2.33. The molecule has 2 saturated heterocycles. The first-order valence-electron chi connectivity index (χ1n) is 7.17. The lowest BCUT2D eigenvalue weighted by atomic mass is 10.1. The molecular formula is C15H19N3S. The number of aromatic nitrogens is 1. The minimum atomic E-state index is 0.601. The fourth-order valence-corrected chi connectivity index (χ4v) is 4.53. The van der Waals surface area contributed by atoms with Gasteiger partial charge in [-0.2, -0.15) is 0 Å². The second-order valence-electron chi connectivity index (χ2n) is 5.78. The Hall–Kier alpha value is -1.13. The maximum Gasteiger partial charge on any atom is 0.184 e. The molecule has 2 unspecified atom stereocenters. The summed E-state index contributed by atoms with van der Waals surface area (Å²) in [4.78, 5) is 7.35. The first kappa shape index (κ1) is 11.7. The van der Waals surface area contributed by atoms with Crippen LogP contribution in [0.3, 0.4) is 0 Å². The number of fused-ring (bicyclic) bond motifs is 2. The zero-order valence-corrected chi connectivity index (χ0v) is 12.0. The van der Waals surface area contributed by atoms with Crippen LogP contribution in [0.2, 0.25) is 0 Å². The van der Waals surface area contributed by atoms with E-state index in [0.29, 0.717) is 6.04 Å². The van der Waals surface area contributed by atoms with Crippen LogP contribution < -0.4 is 5.32 Å². The highest BCUT2D eigenvalue weighted by molar-refractivity contribution is 7.22. The Balaban J connectivity index is 1.58. The molecule has 2 aliphatic heterocycles. The molecule has 1 N–H and O–H groups in total. The number of hydrogen-bond donors (Lipinski definition) is 1. The van der Waals surface area contributed by atoms with Gasteiger partial charge in [0.25, 0.3) is 0 Å². The van der Waals surface area contributed by atoms with Crippen molar-refractivity contribution in [3.05, 3.63) is 23.8 Å². The zero-order valence-electron chi connectivity index (χ0n) is 11.2. The molecule has 3 heterocycles. The molecule has 2 aliphatic rings. The van der Waals surface area contributed by atoms with Gasteiger partial charge in [0.15, 0.2) is 5.13 Å². The molecule has 4 heteroatoms. The van der Waals surface area contributed by atoms with E-state index >= 15 is 0 Å². The van der Waals surface area contributed by atoms with E-state index in [2.05, 4.69) is 35.3 Å². The van der Waals surface area contributed by atoms with E-state index in [1.807, 2.05) is 0 Å². The second-order valence-corrected chi connectivity index (χ2v) is 6.81. The quantitative estimate of drug-likeness (QED) is 0.910. The lowest BCUT2D eigenvalue weighted by molar-refractivity contribution is 0.318. The highest BCUT2D eigenvalue weighted by atomic mass is 32.1. The smallest absolute Gasteiger partial charge is 0.184 e. The summed E-state index contributed by atoms with van der Waals surface area (Å²) in [7, 11) is 0. The van der Waals surface area contributed by atoms with Crippen LogP contribution in [0, 0.1) is 6.92 Å². The highest BCUT2D eigenvalue weighted by Crippen LogP contribution is 2.33. The van der Waals surface area contributed by atoms with Crippen LogP contribution in [0.25, 0.3) is 10.2 Å². The Morgan fingerprint density at radius 2 is 2.26 bits per heavy atom. The summed E-state index contributed by atoms with van der Waals surface area (Å²) < 4.78 is 1.30. The van der Waals surface area contributed by atoms with Crippen molar-refractivity contribution in [2.75, 3.05) is 18.4 Å². The van der Waals surface area contributed by atoms with Crippen LogP contribution in [-0.4, -0.2) is 35.1 Å². The first-order chi connectivity index (χ1) is 9.29. The Kier molecular flexibility index (Phi) is 2.74. The van der Waals surface area contributed by atoms with Crippen molar-refractivity contribution in [2.24, 2.45) is 0 Å². The van der Waals surface area contributed by atoms with Crippen molar-refractivity contribution in [1.82, 2.24) is 9.88 Å². The summed E-state index contributed by atoms with van der Waals surface area (Å²) >= 11 is 1.79. The van der Waals surface area contributed by atoms with Gasteiger partial charge in [-0.1, -0.05) is 17.4 Å². The Morgan fingerprint density at radius 1 is 1.32 bits per heavy atom. The fraction of sp³-hybridized carbons (Fsp3) is 0.533. The van der Waals surface area contributed by atoms with E-state index in [1.54, 1.807) is 11.3 Å². The molecule has 0 bridgehead atoms. The summed E-state index contributed by atoms with van der Waals surface area (Å²) in [6.45, 7) is 4.69. The number of nitrogens with zero attached hydrogens (tertiary/aromatic N) is 2. The van der Waals surface area contributed by atoms with Gasteiger partial charge in [0, 0.05) is 18.6 Å². The minimum absolute atomic E-state index is 0.601. The summed E-state index contributed by atoms with van der Waals surface area (Å²) in [5.74, 6) is 0. The summed E-state index contributed by atoms with van der Waals surface area (Å²) in [6, 6.07) is 7.84. The molecular weight excluding hydrogens is 254 g/mol. The fourth-order valence-electron chi connectivity index (χ4n) is 3.50. The lowest BCUT2D eigenvalue weighted by Gasteiger charge is -2.20. The SMILES string of the molecule is Cc1ccc2nc(NC3CCN4CCCC34)sc2c1. The van der Waals surface area contributed by atoms with E-state index < -0.39 is 0 Å². The molecule has 1 aromatic heterocycles. The van der Waals surface area contributed by atoms with Gasteiger partial charge in [-0.25, -0.2) is 4.98 Å². The van der Waals surface area contributed by atoms with Gasteiger partial charge in [-0.15, -0.1) is 0 Å². The molecule has 0 aliphatic carbocycles. The van der Waals surface area contributed by atoms with Crippen LogP contribution in [0.1, 0.15) is 24.8 Å². The van der Waals surface area contributed by atoms with Crippen LogP contribution in [0.15, 0.2) is 18.2 Å². The second kappa shape index (κ2) is 4.46. The Bertz CT molecular complexity index is 606. The summed E-state index contributed by atoms with van der Waals surface area (Å²) in [5, 5.41) is 4.78. The van der Waals surface area contributed by atoms with Gasteiger partial charge in [-0.3, -0.25) is 4.90 Å². The number of benzene rings is 1. The molecule has 100 valence electrons. The molecule has 0 spiro atoms. The maximum atomic E-state index is 4.72. The molecule has 0 saturated carbocycles. The van der Waals surface area contributed by atoms with Crippen LogP contribution in [0.5, 0.6) is 0 Å². The van der Waals surface area contributed by atoms with Gasteiger partial charge < -0.3 is 5.32 Å². The third-order valence-electron chi connectivity index (χ3n) is 4.46. The van der Waals surface area contributed by atoms with Crippen molar-refractivity contribution in [3.63, 3.8) is 0 Å². The predicted octanol–water partition coefficient (Wildman–Crippen LogP) is 3.25. The number of thiazole rings is 1. The first-order valence-corrected chi connectivity index (χ1v) is 7.99. The average Bonchev–Trinajstić information content (AvgIpc) is 3.05. The molecule has 2 fully saturated rings. The number of anilines is 1. The van der Waals surface area contributed by atoms with Gasteiger partial charge in [0.1, 0.15) is 0 Å². The predicted molar refractivity (Wildman–Crippen MR) is 81.0 cm³/mol. The van der Waals surface area contributed by atoms with Gasteiger partial charge in [0.05, 0.1) is 10.2 Å². The molecule has 0 radical (unpaired) electrons. The van der Waals surface area contributed by atoms with Crippen molar-refractivity contribution >= 4 is 26.7 Å². The topological polar surface area (TPSA) is 28.2 Å². The van der Waals surface area contributed by atoms with Crippen molar-refractivity contribution < 1.29 is 0 Å². The molecule has 2 aromatic rings. The van der Waals surface area contributed by atoms with Crippen molar-refractivity contribution in [3.8, 4) is 0 Å². The highest BCUT2D eigenvalue weighted by Gasteiger charge is 2.37. The zero-order chi connectivity index (χ0) is 12.8. The number of nitrogens with one attached hydrogen (secondary N) is 1. The largest absolute Gasteiger partial charge is 0.357 e. The third-order valence-corrected chi connectivity index (χ3v) is 5.41. The third kappa shape index (κ3) is 2.03. The van der Waals surface area contributed by atoms with Gasteiger partial charge >= 0.3 is 0 Å². The Labute approximate surface area is 117 Å². The van der Waals surface area contributed by atoms with Crippen LogP contribution in [0.4, 0.5) is 5.13 Å². The number of aryl methyl sites for hydroxylation is 1. The Morgan fingerprint density at radius 3 is 3.21 bits per heavy atom. The molecule has 3 nitrogen and oxygen atoms in total. The standard InChI is InChI=1S/C15H19N3S/c1-10-4-5-12-14(9-10)19-15(17-12)16-11-6-8-18-7-2-3-13(11)18/h4-5,9,11,13H,2-3,6-8H2,1H3,(H,16,17). The van der Waals surface area contributed by atoms with E-state index in [0.717, 1.165) is 16.7 Å². The molecule has 4 rings (SSSR count). The number of rotatable bonds is 2. The summed E-state index contributed by atoms with van der Waals surface area (Å²) in [5.41, 5.74) is 2.44. The molecule has 2 atom stereocenters. The van der Waals surface area contributed by atoms with E-state index in [1.165, 1.54) is 42.6 Å². The number of hydrogen-bond acceptors (Lipinski definition) is 4. The van der Waals surface area contributed by atoms with Gasteiger partial charge in [0.2, 0.25) is 0 Å². The monoisotopic (exact) mass is 273 g/mol. The minimum Gasteiger partial charge on any atom is -0.357 e. The van der Waals surface area contributed by atoms with E-state index in [4.69, 9.17) is 4.98 Å². The van der Waals surface area contributed by atoms with Crippen molar-refractivity contribution in [2.45, 2.75) is 38.3 Å². The van der Waals surface area contributed by atoms with E-state index in [-0.39, 0.29) is 0 Å². The van der Waals surface area contributed by atoms with Crippen molar-refractivity contribution in [1.29, 1.82) is 0 Å².